The van der Waals surface area contributed by atoms with Gasteiger partial charge in [-0.1, -0.05) is 0 Å². The average Bonchev–Trinajstić information content (AvgIpc) is 2.47. The molecule has 6 nitrogen and oxygen atoms in total. The number of nitrogens with zero attached hydrogens (tertiary/aromatic N) is 3. The molecular formula is C15H24N4O2. The van der Waals surface area contributed by atoms with Gasteiger partial charge in [0.1, 0.15) is 5.75 Å². The van der Waals surface area contributed by atoms with Crippen molar-refractivity contribution in [2.75, 3.05) is 59.1 Å². The fourth-order valence-electron chi connectivity index (χ4n) is 2.42. The van der Waals surface area contributed by atoms with Crippen molar-refractivity contribution in [1.29, 1.82) is 0 Å². The normalized spacial score (nSPS) is 16.4. The van der Waals surface area contributed by atoms with E-state index < -0.39 is 0 Å². The summed E-state index contributed by atoms with van der Waals surface area (Å²) < 4.78 is 0. The van der Waals surface area contributed by atoms with E-state index in [1.165, 1.54) is 12.1 Å². The fourth-order valence-corrected chi connectivity index (χ4v) is 2.42. The lowest BCUT2D eigenvalue weighted by Crippen LogP contribution is -2.50. The second-order valence-corrected chi connectivity index (χ2v) is 5.71. The van der Waals surface area contributed by atoms with Crippen LogP contribution in [0.5, 0.6) is 5.75 Å². The number of piperazine rings is 1. The van der Waals surface area contributed by atoms with Gasteiger partial charge in [-0.3, -0.25) is 9.69 Å². The van der Waals surface area contributed by atoms with Crippen molar-refractivity contribution in [1.82, 2.24) is 14.7 Å². The number of phenolic OH excluding ortho intramolecular Hbond substituents is 1. The molecule has 6 heteroatoms. The van der Waals surface area contributed by atoms with Crippen LogP contribution in [0.3, 0.4) is 0 Å². The molecule has 1 aromatic rings. The highest BCUT2D eigenvalue weighted by Crippen LogP contribution is 2.20. The molecule has 1 heterocycles. The first-order valence-electron chi connectivity index (χ1n) is 7.22. The summed E-state index contributed by atoms with van der Waals surface area (Å²) in [6.07, 6.45) is 0. The number of benzene rings is 1. The number of nitrogen functional groups attached to an aromatic ring is 1. The van der Waals surface area contributed by atoms with E-state index in [9.17, 15) is 9.90 Å². The van der Waals surface area contributed by atoms with E-state index in [1.807, 2.05) is 0 Å². The van der Waals surface area contributed by atoms with Gasteiger partial charge in [-0.15, -0.1) is 0 Å². The first-order valence-corrected chi connectivity index (χ1v) is 7.22. The zero-order chi connectivity index (χ0) is 15.4. The summed E-state index contributed by atoms with van der Waals surface area (Å²) in [7, 11) is 4.12. The quantitative estimate of drug-likeness (QED) is 0.616. The Kier molecular flexibility index (Phi) is 5.03. The summed E-state index contributed by atoms with van der Waals surface area (Å²) in [4.78, 5) is 18.8. The molecule has 0 bridgehead atoms. The van der Waals surface area contributed by atoms with E-state index in [2.05, 4.69) is 23.9 Å². The van der Waals surface area contributed by atoms with Gasteiger partial charge in [0.25, 0.3) is 5.91 Å². The second kappa shape index (κ2) is 6.78. The molecule has 1 aliphatic rings. The lowest BCUT2D eigenvalue weighted by molar-refractivity contribution is 0.0630. The summed E-state index contributed by atoms with van der Waals surface area (Å²) >= 11 is 0. The Morgan fingerprint density at radius 2 is 1.95 bits per heavy atom. The van der Waals surface area contributed by atoms with Crippen LogP contribution < -0.4 is 5.73 Å². The molecule has 0 aliphatic carbocycles. The van der Waals surface area contributed by atoms with Crippen molar-refractivity contribution < 1.29 is 9.90 Å². The van der Waals surface area contributed by atoms with Crippen LogP contribution in [0.1, 0.15) is 10.4 Å². The smallest absolute Gasteiger partial charge is 0.256 e. The number of nitrogens with two attached hydrogens (primary N) is 1. The summed E-state index contributed by atoms with van der Waals surface area (Å²) in [6.45, 7) is 5.18. The topological polar surface area (TPSA) is 73.0 Å². The zero-order valence-corrected chi connectivity index (χ0v) is 12.7. The largest absolute Gasteiger partial charge is 0.508 e. The Bertz CT molecular complexity index is 496. The molecule has 0 atom stereocenters. The van der Waals surface area contributed by atoms with E-state index in [1.54, 1.807) is 11.0 Å². The van der Waals surface area contributed by atoms with E-state index in [4.69, 9.17) is 5.73 Å². The molecule has 1 amide bonds. The van der Waals surface area contributed by atoms with Gasteiger partial charge in [-0.05, 0) is 32.3 Å². The molecule has 1 saturated heterocycles. The van der Waals surface area contributed by atoms with Crippen molar-refractivity contribution in [3.63, 3.8) is 0 Å². The Labute approximate surface area is 125 Å². The number of phenols is 1. The third kappa shape index (κ3) is 4.09. The Hall–Kier alpha value is -1.79. The number of aromatic hydroxyl groups is 1. The van der Waals surface area contributed by atoms with Gasteiger partial charge in [0.05, 0.1) is 5.56 Å². The molecule has 1 aromatic carbocycles. The SMILES string of the molecule is CN(C)CCN1CCN(C(=O)c2cc(O)ccc2N)CC1. The van der Waals surface area contributed by atoms with Crippen molar-refractivity contribution in [2.24, 2.45) is 0 Å². The van der Waals surface area contributed by atoms with E-state index >= 15 is 0 Å². The maximum Gasteiger partial charge on any atom is 0.256 e. The number of carbonyl (C=O) groups is 1. The van der Waals surface area contributed by atoms with E-state index in [0.717, 1.165) is 26.2 Å². The van der Waals surface area contributed by atoms with Crippen LogP contribution >= 0.6 is 0 Å². The molecule has 0 aromatic heterocycles. The predicted molar refractivity (Wildman–Crippen MR) is 83.4 cm³/mol. The third-order valence-corrected chi connectivity index (χ3v) is 3.79. The van der Waals surface area contributed by atoms with Crippen LogP contribution in [0.2, 0.25) is 0 Å². The third-order valence-electron chi connectivity index (χ3n) is 3.79. The van der Waals surface area contributed by atoms with Crippen molar-refractivity contribution in [3.05, 3.63) is 23.8 Å². The molecular weight excluding hydrogens is 268 g/mol. The lowest BCUT2D eigenvalue weighted by atomic mass is 10.1. The van der Waals surface area contributed by atoms with Crippen molar-refractivity contribution in [2.45, 2.75) is 0 Å². The Morgan fingerprint density at radius 1 is 1.29 bits per heavy atom. The predicted octanol–water partition coefficient (Wildman–Crippen LogP) is 0.294. The minimum Gasteiger partial charge on any atom is -0.508 e. The summed E-state index contributed by atoms with van der Waals surface area (Å²) in [6, 6.07) is 4.50. The minimum absolute atomic E-state index is 0.0668. The number of carbonyl (C=O) groups excluding carboxylic acids is 1. The van der Waals surface area contributed by atoms with E-state index in [0.29, 0.717) is 24.3 Å². The van der Waals surface area contributed by atoms with Crippen LogP contribution in [0.4, 0.5) is 5.69 Å². The molecule has 1 fully saturated rings. The number of rotatable bonds is 4. The molecule has 3 N–H and O–H groups in total. The van der Waals surface area contributed by atoms with Gasteiger partial charge < -0.3 is 20.6 Å². The van der Waals surface area contributed by atoms with Crippen molar-refractivity contribution >= 4 is 11.6 Å². The number of amides is 1. The molecule has 21 heavy (non-hydrogen) atoms. The van der Waals surface area contributed by atoms with Gasteiger partial charge in [-0.2, -0.15) is 0 Å². The van der Waals surface area contributed by atoms with Crippen LogP contribution in [0, 0.1) is 0 Å². The Morgan fingerprint density at radius 3 is 2.57 bits per heavy atom. The highest BCUT2D eigenvalue weighted by atomic mass is 16.3. The highest BCUT2D eigenvalue weighted by molar-refractivity contribution is 5.99. The number of hydrogen-bond acceptors (Lipinski definition) is 5. The molecule has 2 rings (SSSR count). The first-order chi connectivity index (χ1) is 9.97. The van der Waals surface area contributed by atoms with Crippen molar-refractivity contribution in [3.8, 4) is 5.75 Å². The first kappa shape index (κ1) is 15.6. The average molecular weight is 292 g/mol. The van der Waals surface area contributed by atoms with Crippen LogP contribution in [-0.2, 0) is 0 Å². The number of hydrogen-bond donors (Lipinski definition) is 2. The minimum atomic E-state index is -0.101. The molecule has 1 aliphatic heterocycles. The maximum atomic E-state index is 12.5. The molecule has 116 valence electrons. The molecule has 0 spiro atoms. The Balaban J connectivity index is 1.92. The highest BCUT2D eigenvalue weighted by Gasteiger charge is 2.23. The lowest BCUT2D eigenvalue weighted by Gasteiger charge is -2.35. The van der Waals surface area contributed by atoms with Crippen LogP contribution in [-0.4, -0.2) is 79.1 Å². The number of likely N-dealkylation sites (N-methyl/N-ethyl adjacent to an activating group) is 1. The second-order valence-electron chi connectivity index (χ2n) is 5.71. The molecule has 0 radical (unpaired) electrons. The number of anilines is 1. The summed E-state index contributed by atoms with van der Waals surface area (Å²) in [5.74, 6) is -0.0344. The molecule has 0 unspecified atom stereocenters. The summed E-state index contributed by atoms with van der Waals surface area (Å²) in [5.41, 5.74) is 6.63. The van der Waals surface area contributed by atoms with Crippen LogP contribution in [0.15, 0.2) is 18.2 Å². The molecule has 0 saturated carbocycles. The standard InChI is InChI=1S/C15H24N4O2/c1-17(2)5-6-18-7-9-19(10-8-18)15(21)13-11-12(20)3-4-14(13)16/h3-4,11,20H,5-10,16H2,1-2H3. The van der Waals surface area contributed by atoms with Gasteiger partial charge >= 0.3 is 0 Å². The zero-order valence-electron chi connectivity index (χ0n) is 12.7. The monoisotopic (exact) mass is 292 g/mol. The fraction of sp³-hybridized carbons (Fsp3) is 0.533. The van der Waals surface area contributed by atoms with Gasteiger partial charge in [-0.25, -0.2) is 0 Å². The van der Waals surface area contributed by atoms with Gasteiger partial charge in [0, 0.05) is 45.0 Å². The van der Waals surface area contributed by atoms with Crippen LogP contribution in [0.25, 0.3) is 0 Å². The van der Waals surface area contributed by atoms with E-state index in [-0.39, 0.29) is 11.7 Å². The van der Waals surface area contributed by atoms with Gasteiger partial charge in [0.15, 0.2) is 0 Å². The summed E-state index contributed by atoms with van der Waals surface area (Å²) in [5, 5.41) is 9.51. The van der Waals surface area contributed by atoms with Gasteiger partial charge in [0.2, 0.25) is 0 Å². The maximum absolute atomic E-state index is 12.5.